The van der Waals surface area contributed by atoms with Crippen molar-refractivity contribution < 1.29 is 14.3 Å². The van der Waals surface area contributed by atoms with E-state index >= 15 is 0 Å². The summed E-state index contributed by atoms with van der Waals surface area (Å²) in [4.78, 5) is 10.3. The van der Waals surface area contributed by atoms with Gasteiger partial charge in [-0.2, -0.15) is 0 Å². The number of hydrogen-bond acceptors (Lipinski definition) is 3. The Balaban J connectivity index is 2.46. The largest absolute Gasteiger partial charge is 0.481 e. The molecule has 1 atom stereocenters. The van der Waals surface area contributed by atoms with Gasteiger partial charge in [-0.05, 0) is 38.3 Å². The molecular formula is C11H17NO3. The van der Waals surface area contributed by atoms with Crippen LogP contribution >= 0.6 is 0 Å². The predicted molar refractivity (Wildman–Crippen MR) is 56.6 cm³/mol. The minimum atomic E-state index is -0.783. The van der Waals surface area contributed by atoms with Crippen LogP contribution in [-0.4, -0.2) is 11.1 Å². The van der Waals surface area contributed by atoms with Gasteiger partial charge in [0.15, 0.2) is 0 Å². The van der Waals surface area contributed by atoms with E-state index in [1.165, 1.54) is 0 Å². The maximum atomic E-state index is 10.3. The summed E-state index contributed by atoms with van der Waals surface area (Å²) >= 11 is 0. The van der Waals surface area contributed by atoms with Crippen molar-refractivity contribution in [3.05, 3.63) is 23.2 Å². The van der Waals surface area contributed by atoms with Crippen LogP contribution in [-0.2, 0) is 4.79 Å². The second kappa shape index (κ2) is 4.98. The third-order valence-electron chi connectivity index (χ3n) is 2.46. The Kier molecular flexibility index (Phi) is 3.91. The summed E-state index contributed by atoms with van der Waals surface area (Å²) in [6.07, 6.45) is 1.38. The third kappa shape index (κ3) is 3.40. The SMILES string of the molecule is Cc1cc([C@@H](N)CCCC(=O)O)oc1C. The molecule has 0 aliphatic carbocycles. The lowest BCUT2D eigenvalue weighted by Gasteiger charge is -2.06. The molecule has 0 saturated carbocycles. The number of carboxylic acid groups (broad SMARTS) is 1. The summed E-state index contributed by atoms with van der Waals surface area (Å²) in [5, 5.41) is 8.48. The highest BCUT2D eigenvalue weighted by atomic mass is 16.4. The third-order valence-corrected chi connectivity index (χ3v) is 2.46. The average Bonchev–Trinajstić information content (AvgIpc) is 2.46. The molecule has 0 amide bonds. The minimum absolute atomic E-state index is 0.159. The zero-order valence-electron chi connectivity index (χ0n) is 9.12. The smallest absolute Gasteiger partial charge is 0.303 e. The van der Waals surface area contributed by atoms with Gasteiger partial charge in [-0.1, -0.05) is 0 Å². The number of aryl methyl sites for hydroxylation is 2. The van der Waals surface area contributed by atoms with Crippen LogP contribution in [0.25, 0.3) is 0 Å². The highest BCUT2D eigenvalue weighted by molar-refractivity contribution is 5.66. The molecule has 1 aromatic rings. The second-order valence-electron chi connectivity index (χ2n) is 3.78. The Morgan fingerprint density at radius 3 is 2.73 bits per heavy atom. The molecule has 0 unspecified atom stereocenters. The molecule has 0 radical (unpaired) electrons. The van der Waals surface area contributed by atoms with Gasteiger partial charge in [0.05, 0.1) is 6.04 Å². The first kappa shape index (κ1) is 11.8. The van der Waals surface area contributed by atoms with E-state index in [1.807, 2.05) is 19.9 Å². The van der Waals surface area contributed by atoms with Gasteiger partial charge in [-0.25, -0.2) is 0 Å². The zero-order chi connectivity index (χ0) is 11.4. The van der Waals surface area contributed by atoms with Gasteiger partial charge in [0, 0.05) is 6.42 Å². The Bertz CT molecular complexity index is 324. The maximum Gasteiger partial charge on any atom is 0.303 e. The molecule has 0 spiro atoms. The first-order valence-corrected chi connectivity index (χ1v) is 5.05. The first-order valence-electron chi connectivity index (χ1n) is 5.05. The summed E-state index contributed by atoms with van der Waals surface area (Å²) in [5.74, 6) is 0.836. The summed E-state index contributed by atoms with van der Waals surface area (Å²) in [6, 6.07) is 1.72. The summed E-state index contributed by atoms with van der Waals surface area (Å²) in [6.45, 7) is 3.86. The minimum Gasteiger partial charge on any atom is -0.481 e. The Morgan fingerprint density at radius 2 is 2.27 bits per heavy atom. The molecular weight excluding hydrogens is 194 g/mol. The van der Waals surface area contributed by atoms with Gasteiger partial charge in [0.2, 0.25) is 0 Å². The molecule has 0 saturated heterocycles. The van der Waals surface area contributed by atoms with E-state index in [-0.39, 0.29) is 12.5 Å². The van der Waals surface area contributed by atoms with Crippen molar-refractivity contribution >= 4 is 5.97 Å². The van der Waals surface area contributed by atoms with Crippen LogP contribution in [0, 0.1) is 13.8 Å². The predicted octanol–water partition coefficient (Wildman–Crippen LogP) is 2.15. The van der Waals surface area contributed by atoms with E-state index in [2.05, 4.69) is 0 Å². The molecule has 0 aliphatic rings. The molecule has 4 nitrogen and oxygen atoms in total. The fourth-order valence-electron chi connectivity index (χ4n) is 1.40. The fourth-order valence-corrected chi connectivity index (χ4v) is 1.40. The van der Waals surface area contributed by atoms with Crippen molar-refractivity contribution in [2.75, 3.05) is 0 Å². The maximum absolute atomic E-state index is 10.3. The van der Waals surface area contributed by atoms with Crippen LogP contribution in [0.2, 0.25) is 0 Å². The van der Waals surface area contributed by atoms with E-state index in [4.69, 9.17) is 15.3 Å². The number of carbonyl (C=O) groups is 1. The van der Waals surface area contributed by atoms with E-state index < -0.39 is 5.97 Å². The van der Waals surface area contributed by atoms with Gasteiger partial charge < -0.3 is 15.3 Å². The molecule has 0 aliphatic heterocycles. The molecule has 1 aromatic heterocycles. The Labute approximate surface area is 89.1 Å². The molecule has 0 aromatic carbocycles. The van der Waals surface area contributed by atoms with Gasteiger partial charge in [-0.15, -0.1) is 0 Å². The van der Waals surface area contributed by atoms with Crippen LogP contribution in [0.3, 0.4) is 0 Å². The number of carboxylic acids is 1. The molecule has 1 heterocycles. The highest BCUT2D eigenvalue weighted by Crippen LogP contribution is 2.22. The molecule has 0 fully saturated rings. The van der Waals surface area contributed by atoms with Crippen molar-refractivity contribution in [3.63, 3.8) is 0 Å². The number of furan rings is 1. The molecule has 1 rings (SSSR count). The van der Waals surface area contributed by atoms with Crippen LogP contribution in [0.4, 0.5) is 0 Å². The van der Waals surface area contributed by atoms with Crippen LogP contribution in [0.5, 0.6) is 0 Å². The van der Waals surface area contributed by atoms with Gasteiger partial charge in [0.25, 0.3) is 0 Å². The summed E-state index contributed by atoms with van der Waals surface area (Å²) < 4.78 is 5.46. The van der Waals surface area contributed by atoms with Crippen molar-refractivity contribution in [3.8, 4) is 0 Å². The van der Waals surface area contributed by atoms with Crippen LogP contribution < -0.4 is 5.73 Å². The van der Waals surface area contributed by atoms with Crippen LogP contribution in [0.1, 0.15) is 42.4 Å². The number of aliphatic carboxylic acids is 1. The van der Waals surface area contributed by atoms with Crippen molar-refractivity contribution in [2.24, 2.45) is 5.73 Å². The summed E-state index contributed by atoms with van der Waals surface area (Å²) in [5.41, 5.74) is 6.96. The van der Waals surface area contributed by atoms with E-state index in [1.54, 1.807) is 0 Å². The van der Waals surface area contributed by atoms with E-state index in [0.29, 0.717) is 12.8 Å². The van der Waals surface area contributed by atoms with Crippen molar-refractivity contribution in [1.82, 2.24) is 0 Å². The molecule has 84 valence electrons. The molecule has 3 N–H and O–H groups in total. The number of hydrogen-bond donors (Lipinski definition) is 2. The Morgan fingerprint density at radius 1 is 1.60 bits per heavy atom. The topological polar surface area (TPSA) is 76.5 Å². The Hall–Kier alpha value is -1.29. The monoisotopic (exact) mass is 211 g/mol. The number of rotatable bonds is 5. The molecule has 0 bridgehead atoms. The lowest BCUT2D eigenvalue weighted by atomic mass is 10.1. The van der Waals surface area contributed by atoms with E-state index in [9.17, 15) is 4.79 Å². The van der Waals surface area contributed by atoms with Crippen LogP contribution in [0.15, 0.2) is 10.5 Å². The van der Waals surface area contributed by atoms with Crippen molar-refractivity contribution in [2.45, 2.75) is 39.2 Å². The lowest BCUT2D eigenvalue weighted by Crippen LogP contribution is -2.09. The first-order chi connectivity index (χ1) is 7.00. The lowest BCUT2D eigenvalue weighted by molar-refractivity contribution is -0.137. The van der Waals surface area contributed by atoms with Crippen molar-refractivity contribution in [1.29, 1.82) is 0 Å². The van der Waals surface area contributed by atoms with Gasteiger partial charge in [0.1, 0.15) is 11.5 Å². The summed E-state index contributed by atoms with van der Waals surface area (Å²) in [7, 11) is 0. The van der Waals surface area contributed by atoms with Gasteiger partial charge >= 0.3 is 5.97 Å². The highest BCUT2D eigenvalue weighted by Gasteiger charge is 2.12. The zero-order valence-corrected chi connectivity index (χ0v) is 9.12. The van der Waals surface area contributed by atoms with Gasteiger partial charge in [-0.3, -0.25) is 4.79 Å². The second-order valence-corrected chi connectivity index (χ2v) is 3.78. The normalized spacial score (nSPS) is 12.7. The average molecular weight is 211 g/mol. The fraction of sp³-hybridized carbons (Fsp3) is 0.545. The number of nitrogens with two attached hydrogens (primary N) is 1. The van der Waals surface area contributed by atoms with E-state index in [0.717, 1.165) is 17.1 Å². The standard InChI is InChI=1S/C11H17NO3/c1-7-6-10(15-8(7)2)9(12)4-3-5-11(13)14/h6,9H,3-5,12H2,1-2H3,(H,13,14)/t9-/m0/s1. The molecule has 15 heavy (non-hydrogen) atoms. The molecule has 4 heteroatoms. The quantitative estimate of drug-likeness (QED) is 0.782.